The number of rotatable bonds is 9. The molecule has 0 atom stereocenters. The molecule has 8 heteroatoms. The van der Waals surface area contributed by atoms with Gasteiger partial charge in [-0.2, -0.15) is 0 Å². The molecule has 2 aromatic rings. The maximum Gasteiger partial charge on any atom is 0.321 e. The normalized spacial score (nSPS) is 12.9. The number of hydrazine groups is 1. The van der Waals surface area contributed by atoms with Crippen LogP contribution in [-0.4, -0.2) is 37.5 Å². The molecule has 0 bridgehead atoms. The van der Waals surface area contributed by atoms with Gasteiger partial charge in [-0.3, -0.25) is 25.3 Å². The molecule has 1 saturated heterocycles. The van der Waals surface area contributed by atoms with E-state index >= 15 is 0 Å². The molecule has 3 rings (SSSR count). The molecule has 0 radical (unpaired) electrons. The topological polar surface area (TPSA) is 99.8 Å². The summed E-state index contributed by atoms with van der Waals surface area (Å²) in [5, 5.41) is 2.72. The highest BCUT2D eigenvalue weighted by Crippen LogP contribution is 2.18. The Morgan fingerprint density at radius 1 is 1.00 bits per heavy atom. The van der Waals surface area contributed by atoms with Crippen molar-refractivity contribution in [2.24, 2.45) is 0 Å². The third-order valence-electron chi connectivity index (χ3n) is 4.95. The zero-order valence-electron chi connectivity index (χ0n) is 17.6. The molecule has 1 heterocycles. The van der Waals surface area contributed by atoms with Crippen molar-refractivity contribution < 1.29 is 19.1 Å². The van der Waals surface area contributed by atoms with Crippen LogP contribution in [0, 0.1) is 0 Å². The van der Waals surface area contributed by atoms with E-state index in [0.717, 1.165) is 12.8 Å². The molecular formula is C23H28N4O4. The number of benzene rings is 2. The van der Waals surface area contributed by atoms with E-state index in [0.29, 0.717) is 42.3 Å². The molecule has 2 aromatic carbocycles. The third-order valence-corrected chi connectivity index (χ3v) is 4.95. The summed E-state index contributed by atoms with van der Waals surface area (Å²) in [4.78, 5) is 38.1. The minimum Gasteiger partial charge on any atom is -0.494 e. The number of hydrogen-bond acceptors (Lipinski definition) is 4. The van der Waals surface area contributed by atoms with Crippen molar-refractivity contribution in [3.05, 3.63) is 59.7 Å². The van der Waals surface area contributed by atoms with E-state index in [2.05, 4.69) is 23.1 Å². The predicted octanol–water partition coefficient (Wildman–Crippen LogP) is 3.25. The van der Waals surface area contributed by atoms with Crippen LogP contribution in [0.1, 0.15) is 53.3 Å². The van der Waals surface area contributed by atoms with Crippen LogP contribution in [-0.2, 0) is 0 Å². The van der Waals surface area contributed by atoms with Gasteiger partial charge in [0.25, 0.3) is 11.8 Å². The highest BCUT2D eigenvalue weighted by atomic mass is 16.5. The maximum absolute atomic E-state index is 12.4. The first kappa shape index (κ1) is 22.1. The van der Waals surface area contributed by atoms with E-state index in [4.69, 9.17) is 4.74 Å². The van der Waals surface area contributed by atoms with Crippen LogP contribution in [0.5, 0.6) is 5.75 Å². The fourth-order valence-corrected chi connectivity index (χ4v) is 3.21. The van der Waals surface area contributed by atoms with Gasteiger partial charge in [0, 0.05) is 29.9 Å². The van der Waals surface area contributed by atoms with Crippen LogP contribution in [0.25, 0.3) is 0 Å². The lowest BCUT2D eigenvalue weighted by atomic mass is 10.2. The number of unbranched alkanes of at least 4 members (excludes halogenated alkanes) is 3. The number of nitrogens with one attached hydrogen (secondary N) is 3. The van der Waals surface area contributed by atoms with Gasteiger partial charge in [0.15, 0.2) is 0 Å². The van der Waals surface area contributed by atoms with E-state index in [9.17, 15) is 14.4 Å². The van der Waals surface area contributed by atoms with Crippen molar-refractivity contribution in [3.63, 3.8) is 0 Å². The Hall–Kier alpha value is -3.55. The number of ether oxygens (including phenoxy) is 1. The van der Waals surface area contributed by atoms with Crippen molar-refractivity contribution in [1.29, 1.82) is 0 Å². The molecule has 0 aliphatic carbocycles. The molecule has 31 heavy (non-hydrogen) atoms. The van der Waals surface area contributed by atoms with E-state index in [1.807, 2.05) is 0 Å². The molecule has 0 spiro atoms. The number of nitrogens with zero attached hydrogens (tertiary/aromatic N) is 1. The van der Waals surface area contributed by atoms with E-state index in [-0.39, 0.29) is 6.03 Å². The summed E-state index contributed by atoms with van der Waals surface area (Å²) < 4.78 is 5.67. The number of hydrogen-bond donors (Lipinski definition) is 3. The van der Waals surface area contributed by atoms with Crippen molar-refractivity contribution in [2.75, 3.05) is 24.6 Å². The van der Waals surface area contributed by atoms with Crippen LogP contribution in [0.3, 0.4) is 0 Å². The summed E-state index contributed by atoms with van der Waals surface area (Å²) in [6, 6.07) is 13.3. The molecular weight excluding hydrogens is 396 g/mol. The summed E-state index contributed by atoms with van der Waals surface area (Å²) in [7, 11) is 0. The van der Waals surface area contributed by atoms with Crippen LogP contribution in [0.2, 0.25) is 0 Å². The van der Waals surface area contributed by atoms with Crippen molar-refractivity contribution >= 4 is 23.5 Å². The quantitative estimate of drug-likeness (QED) is 0.425. The summed E-state index contributed by atoms with van der Waals surface area (Å²) >= 11 is 0. The van der Waals surface area contributed by atoms with Gasteiger partial charge < -0.3 is 10.1 Å². The lowest BCUT2D eigenvalue weighted by Crippen LogP contribution is -2.41. The Kier molecular flexibility index (Phi) is 7.86. The minimum absolute atomic E-state index is 0.195. The van der Waals surface area contributed by atoms with Crippen molar-refractivity contribution in [2.45, 2.75) is 32.6 Å². The summed E-state index contributed by atoms with van der Waals surface area (Å²) in [5.41, 5.74) is 6.18. The average molecular weight is 425 g/mol. The highest BCUT2D eigenvalue weighted by molar-refractivity contribution is 6.00. The standard InChI is InChI=1S/C23H28N4O4/c1-2-3-4-5-15-31-20-11-9-17(10-12-20)21(28)25-26-22(29)18-7-6-8-19(16-18)27-14-13-24-23(27)30/h6-12,16H,2-5,13-15H2,1H3,(H,24,30)(H,25,28)(H,26,29). The first-order chi connectivity index (χ1) is 15.1. The summed E-state index contributed by atoms with van der Waals surface area (Å²) in [5.74, 6) is -0.195. The zero-order chi connectivity index (χ0) is 22.1. The Bertz CT molecular complexity index is 914. The molecule has 1 fully saturated rings. The van der Waals surface area contributed by atoms with Crippen LogP contribution < -0.4 is 25.8 Å². The average Bonchev–Trinajstić information content (AvgIpc) is 3.23. The number of amides is 4. The second-order valence-electron chi connectivity index (χ2n) is 7.28. The maximum atomic E-state index is 12.4. The SMILES string of the molecule is CCCCCCOc1ccc(C(=O)NNC(=O)c2cccc(N3CCNC3=O)c2)cc1. The fourth-order valence-electron chi connectivity index (χ4n) is 3.21. The number of carbonyl (C=O) groups excluding carboxylic acids is 3. The molecule has 0 aromatic heterocycles. The lowest BCUT2D eigenvalue weighted by molar-refractivity contribution is 0.0846. The summed E-state index contributed by atoms with van der Waals surface area (Å²) in [6.07, 6.45) is 4.53. The van der Waals surface area contributed by atoms with Gasteiger partial charge in [0.05, 0.1) is 6.61 Å². The molecule has 1 aliphatic heterocycles. The number of anilines is 1. The molecule has 1 aliphatic rings. The van der Waals surface area contributed by atoms with Gasteiger partial charge in [-0.25, -0.2) is 4.79 Å². The van der Waals surface area contributed by atoms with Gasteiger partial charge in [-0.15, -0.1) is 0 Å². The first-order valence-corrected chi connectivity index (χ1v) is 10.6. The van der Waals surface area contributed by atoms with Gasteiger partial charge >= 0.3 is 6.03 Å². The van der Waals surface area contributed by atoms with E-state index in [1.54, 1.807) is 53.4 Å². The highest BCUT2D eigenvalue weighted by Gasteiger charge is 2.21. The first-order valence-electron chi connectivity index (χ1n) is 10.6. The van der Waals surface area contributed by atoms with Gasteiger partial charge in [0.1, 0.15) is 5.75 Å². The van der Waals surface area contributed by atoms with Gasteiger partial charge in [-0.05, 0) is 48.9 Å². The smallest absolute Gasteiger partial charge is 0.321 e. The van der Waals surface area contributed by atoms with Crippen LogP contribution in [0.15, 0.2) is 48.5 Å². The van der Waals surface area contributed by atoms with Gasteiger partial charge in [0.2, 0.25) is 0 Å². The van der Waals surface area contributed by atoms with Crippen molar-refractivity contribution in [1.82, 2.24) is 16.2 Å². The lowest BCUT2D eigenvalue weighted by Gasteiger charge is -2.15. The van der Waals surface area contributed by atoms with E-state index < -0.39 is 11.8 Å². The second-order valence-corrected chi connectivity index (χ2v) is 7.28. The Morgan fingerprint density at radius 2 is 1.74 bits per heavy atom. The Labute approximate surface area is 181 Å². The largest absolute Gasteiger partial charge is 0.494 e. The molecule has 0 saturated carbocycles. The van der Waals surface area contributed by atoms with E-state index in [1.165, 1.54) is 12.8 Å². The monoisotopic (exact) mass is 424 g/mol. The van der Waals surface area contributed by atoms with Crippen LogP contribution in [0.4, 0.5) is 10.5 Å². The molecule has 0 unspecified atom stereocenters. The Morgan fingerprint density at radius 3 is 2.42 bits per heavy atom. The number of carbonyl (C=O) groups is 3. The Balaban J connectivity index is 1.49. The predicted molar refractivity (Wildman–Crippen MR) is 118 cm³/mol. The molecule has 4 amide bonds. The third kappa shape index (κ3) is 6.21. The summed E-state index contributed by atoms with van der Waals surface area (Å²) in [6.45, 7) is 3.92. The second kappa shape index (κ2) is 11.0. The molecule has 8 nitrogen and oxygen atoms in total. The molecule has 164 valence electrons. The number of urea groups is 1. The zero-order valence-corrected chi connectivity index (χ0v) is 17.6. The van der Waals surface area contributed by atoms with Crippen molar-refractivity contribution in [3.8, 4) is 5.75 Å². The fraction of sp³-hybridized carbons (Fsp3) is 0.348. The van der Waals surface area contributed by atoms with Gasteiger partial charge in [-0.1, -0.05) is 32.3 Å². The van der Waals surface area contributed by atoms with Crippen LogP contribution >= 0.6 is 0 Å². The molecule has 3 N–H and O–H groups in total. The minimum atomic E-state index is -0.471.